The molecule has 10 heteroatoms. The van der Waals surface area contributed by atoms with Crippen LogP contribution in [0.1, 0.15) is 303 Å². The summed E-state index contributed by atoms with van der Waals surface area (Å²) in [7, 11) is 0. The normalized spacial score (nSPS) is 19.9. The Balaban J connectivity index is 2.08. The van der Waals surface area contributed by atoms with Gasteiger partial charge in [-0.15, -0.1) is 0 Å². The number of ether oxygens (including phenoxy) is 2. The van der Waals surface area contributed by atoms with Crippen molar-refractivity contribution in [3.63, 3.8) is 0 Å². The number of hydrogen-bond donors (Lipinski definition) is 7. The van der Waals surface area contributed by atoms with Crippen LogP contribution < -0.4 is 5.32 Å². The van der Waals surface area contributed by atoms with Gasteiger partial charge in [0.1, 0.15) is 30.5 Å². The van der Waals surface area contributed by atoms with Crippen LogP contribution in [-0.2, 0) is 14.3 Å². The van der Waals surface area contributed by atoms with Crippen molar-refractivity contribution in [3.8, 4) is 0 Å². The molecule has 1 aliphatic rings. The van der Waals surface area contributed by atoms with Crippen LogP contribution in [0, 0.1) is 0 Å². The molecule has 1 heterocycles. The Labute approximate surface area is 419 Å². The molecular formula is C58H115NO9. The monoisotopic (exact) mass is 970 g/mol. The molecule has 0 radical (unpaired) electrons. The molecule has 7 N–H and O–H groups in total. The van der Waals surface area contributed by atoms with Gasteiger partial charge in [0.05, 0.1) is 25.4 Å². The van der Waals surface area contributed by atoms with Gasteiger partial charge in [0.2, 0.25) is 5.91 Å². The van der Waals surface area contributed by atoms with Crippen LogP contribution in [0.3, 0.4) is 0 Å². The maximum Gasteiger partial charge on any atom is 0.220 e. The predicted octanol–water partition coefficient (Wildman–Crippen LogP) is 13.6. The molecule has 68 heavy (non-hydrogen) atoms. The van der Waals surface area contributed by atoms with E-state index >= 15 is 0 Å². The second-order valence-corrected chi connectivity index (χ2v) is 21.3. The largest absolute Gasteiger partial charge is 0.394 e. The summed E-state index contributed by atoms with van der Waals surface area (Å²) in [5.41, 5.74) is 0. The van der Waals surface area contributed by atoms with E-state index in [-0.39, 0.29) is 18.9 Å². The van der Waals surface area contributed by atoms with Gasteiger partial charge in [0.25, 0.3) is 0 Å². The SMILES string of the molecule is CCCCCCCCCCCCCCCCCCCCCCCCCCCCCCCCCCCC(=O)N[C@@H](CO[C@@H]1O[C@H](CO)[C@@H](O)C(O)C1O)[C@H](O)[C@H](O)CCCCCCCCCCCC. The molecule has 0 aliphatic carbocycles. The van der Waals surface area contributed by atoms with Crippen molar-refractivity contribution in [3.05, 3.63) is 0 Å². The fourth-order valence-electron chi connectivity index (χ4n) is 10.0. The molecule has 0 aromatic carbocycles. The summed E-state index contributed by atoms with van der Waals surface area (Å²) in [4.78, 5) is 13.1. The maximum absolute atomic E-state index is 13.1. The molecule has 1 saturated heterocycles. The van der Waals surface area contributed by atoms with E-state index in [1.54, 1.807) is 0 Å². The van der Waals surface area contributed by atoms with Gasteiger partial charge in [0, 0.05) is 6.42 Å². The average Bonchev–Trinajstić information content (AvgIpc) is 3.34. The van der Waals surface area contributed by atoms with Crippen LogP contribution in [0.15, 0.2) is 0 Å². The highest BCUT2D eigenvalue weighted by molar-refractivity contribution is 5.76. The summed E-state index contributed by atoms with van der Waals surface area (Å²) in [5.74, 6) is -0.252. The second-order valence-electron chi connectivity index (χ2n) is 21.3. The number of carbonyl (C=O) groups excluding carboxylic acids is 1. The van der Waals surface area contributed by atoms with Crippen molar-refractivity contribution in [1.29, 1.82) is 0 Å². The number of carbonyl (C=O) groups is 1. The minimum atomic E-state index is -1.60. The van der Waals surface area contributed by atoms with E-state index in [4.69, 9.17) is 9.47 Å². The van der Waals surface area contributed by atoms with Gasteiger partial charge < -0.3 is 45.4 Å². The van der Waals surface area contributed by atoms with Gasteiger partial charge in [-0.05, 0) is 12.8 Å². The van der Waals surface area contributed by atoms with Crippen LogP contribution >= 0.6 is 0 Å². The minimum absolute atomic E-state index is 0.252. The third-order valence-corrected chi connectivity index (χ3v) is 14.8. The maximum atomic E-state index is 13.1. The molecule has 0 aromatic heterocycles. The lowest BCUT2D eigenvalue weighted by molar-refractivity contribution is -0.303. The van der Waals surface area contributed by atoms with E-state index in [9.17, 15) is 35.4 Å². The number of nitrogens with one attached hydrogen (secondary N) is 1. The summed E-state index contributed by atoms with van der Waals surface area (Å²) in [6, 6.07) is -0.985. The van der Waals surface area contributed by atoms with E-state index < -0.39 is 55.6 Å². The first kappa shape index (κ1) is 65.2. The molecule has 0 spiro atoms. The Hall–Kier alpha value is -0.850. The van der Waals surface area contributed by atoms with Gasteiger partial charge >= 0.3 is 0 Å². The standard InChI is InChI=1S/C58H115NO9/c1-3-5-7-9-11-13-15-16-17-18-19-20-21-22-23-24-25-26-27-28-29-30-31-32-33-34-35-36-37-39-41-43-45-47-53(62)59-50(49-67-58-57(66)56(65)55(64)52(48-60)68-58)54(63)51(61)46-44-42-40-38-14-12-10-8-6-4-2/h50-52,54-58,60-61,63-66H,3-49H2,1-2H3,(H,59,62)/t50-,51+,52+,54-,55+,56?,57?,58+/m0/s1. The minimum Gasteiger partial charge on any atom is -0.394 e. The van der Waals surface area contributed by atoms with E-state index in [0.29, 0.717) is 6.42 Å². The van der Waals surface area contributed by atoms with Gasteiger partial charge in [-0.2, -0.15) is 0 Å². The van der Waals surface area contributed by atoms with Crippen molar-refractivity contribution in [1.82, 2.24) is 5.32 Å². The van der Waals surface area contributed by atoms with E-state index in [2.05, 4.69) is 19.2 Å². The number of amides is 1. The Morgan fingerprint density at radius 2 is 0.765 bits per heavy atom. The zero-order chi connectivity index (χ0) is 49.6. The van der Waals surface area contributed by atoms with E-state index in [1.165, 1.54) is 231 Å². The average molecular weight is 971 g/mol. The van der Waals surface area contributed by atoms with Crippen molar-refractivity contribution >= 4 is 5.91 Å². The predicted molar refractivity (Wildman–Crippen MR) is 283 cm³/mol. The molecule has 1 rings (SSSR count). The Morgan fingerprint density at radius 3 is 1.09 bits per heavy atom. The summed E-state index contributed by atoms with van der Waals surface area (Å²) >= 11 is 0. The molecule has 2 unspecified atom stereocenters. The van der Waals surface area contributed by atoms with E-state index in [1.807, 2.05) is 0 Å². The Morgan fingerprint density at radius 1 is 0.456 bits per heavy atom. The molecule has 1 fully saturated rings. The number of rotatable bonds is 52. The van der Waals surface area contributed by atoms with Gasteiger partial charge in [-0.3, -0.25) is 4.79 Å². The van der Waals surface area contributed by atoms with Crippen molar-refractivity contribution < 1.29 is 44.9 Å². The summed E-state index contributed by atoms with van der Waals surface area (Å²) in [6.45, 7) is 3.63. The Kier molecular flexibility index (Phi) is 46.4. The van der Waals surface area contributed by atoms with E-state index in [0.717, 1.165) is 44.9 Å². The highest BCUT2D eigenvalue weighted by Gasteiger charge is 2.44. The quantitative estimate of drug-likeness (QED) is 0.0293. The Bertz CT molecular complexity index is 1050. The molecule has 0 saturated carbocycles. The highest BCUT2D eigenvalue weighted by Crippen LogP contribution is 2.24. The number of aliphatic hydroxyl groups is 6. The molecule has 1 aliphatic heterocycles. The van der Waals surface area contributed by atoms with Crippen molar-refractivity contribution in [2.75, 3.05) is 13.2 Å². The third kappa shape index (κ3) is 37.0. The molecular weight excluding hydrogens is 855 g/mol. The van der Waals surface area contributed by atoms with Gasteiger partial charge in [-0.25, -0.2) is 0 Å². The van der Waals surface area contributed by atoms with Crippen LogP contribution in [0.2, 0.25) is 0 Å². The molecule has 406 valence electrons. The lowest BCUT2D eigenvalue weighted by Gasteiger charge is -2.40. The van der Waals surface area contributed by atoms with Crippen LogP contribution in [0.4, 0.5) is 0 Å². The lowest BCUT2D eigenvalue weighted by Crippen LogP contribution is -2.60. The number of hydrogen-bond acceptors (Lipinski definition) is 9. The zero-order valence-corrected chi connectivity index (χ0v) is 44.8. The third-order valence-electron chi connectivity index (χ3n) is 14.8. The first-order valence-electron chi connectivity index (χ1n) is 29.8. The highest BCUT2D eigenvalue weighted by atomic mass is 16.7. The summed E-state index contributed by atoms with van der Waals surface area (Å²) in [5, 5.41) is 65.3. The summed E-state index contributed by atoms with van der Waals surface area (Å²) in [6.07, 6.45) is 47.4. The molecule has 10 nitrogen and oxygen atoms in total. The fourth-order valence-corrected chi connectivity index (χ4v) is 10.0. The first-order valence-corrected chi connectivity index (χ1v) is 29.8. The molecule has 0 bridgehead atoms. The number of unbranched alkanes of at least 4 members (excludes halogenated alkanes) is 41. The topological polar surface area (TPSA) is 169 Å². The summed E-state index contributed by atoms with van der Waals surface area (Å²) < 4.78 is 11.2. The van der Waals surface area contributed by atoms with Crippen LogP contribution in [-0.4, -0.2) is 98.7 Å². The molecule has 8 atom stereocenters. The first-order chi connectivity index (χ1) is 33.3. The number of aliphatic hydroxyl groups excluding tert-OH is 6. The van der Waals surface area contributed by atoms with Gasteiger partial charge in [0.15, 0.2) is 6.29 Å². The molecule has 0 aromatic rings. The fraction of sp³-hybridized carbons (Fsp3) is 0.983. The van der Waals surface area contributed by atoms with Crippen LogP contribution in [0.5, 0.6) is 0 Å². The smallest absolute Gasteiger partial charge is 0.220 e. The lowest BCUT2D eigenvalue weighted by atomic mass is 9.98. The molecule has 1 amide bonds. The zero-order valence-electron chi connectivity index (χ0n) is 44.8. The van der Waals surface area contributed by atoms with Crippen molar-refractivity contribution in [2.24, 2.45) is 0 Å². The second kappa shape index (κ2) is 48.4. The van der Waals surface area contributed by atoms with Crippen LogP contribution in [0.25, 0.3) is 0 Å². The van der Waals surface area contributed by atoms with Gasteiger partial charge in [-0.1, -0.05) is 284 Å². The van der Waals surface area contributed by atoms with Crippen molar-refractivity contribution in [2.45, 2.75) is 352 Å².